The molecule has 0 atom stereocenters. The van der Waals surface area contributed by atoms with Crippen molar-refractivity contribution >= 4 is 24.3 Å². The fourth-order valence-electron chi connectivity index (χ4n) is 0.898. The summed E-state index contributed by atoms with van der Waals surface area (Å²) in [7, 11) is -1.53. The van der Waals surface area contributed by atoms with Gasteiger partial charge in [-0.3, -0.25) is 5.21 Å². The molecule has 74 valence electrons. The summed E-state index contributed by atoms with van der Waals surface area (Å²) in [6.07, 6.45) is 0. The minimum Gasteiger partial charge on any atom is -0.423 e. The zero-order valence-electron chi connectivity index (χ0n) is 7.14. The first-order chi connectivity index (χ1) is 6.63. The first kappa shape index (κ1) is 10.5. The fraction of sp³-hybridized carbons (Fsp3) is 0. The van der Waals surface area contributed by atoms with Gasteiger partial charge in [-0.25, -0.2) is 10.3 Å². The number of carbonyl (C=O) groups is 1. The van der Waals surface area contributed by atoms with Crippen LogP contribution in [-0.2, 0) is 0 Å². The molecule has 0 aliphatic rings. The predicted molar refractivity (Wildman–Crippen MR) is 50.2 cm³/mol. The van der Waals surface area contributed by atoms with Crippen molar-refractivity contribution in [2.24, 2.45) is 0 Å². The fourth-order valence-corrected chi connectivity index (χ4v) is 0.898. The quantitative estimate of drug-likeness (QED) is 0.235. The Kier molecular flexibility index (Phi) is 3.46. The van der Waals surface area contributed by atoms with Crippen LogP contribution in [0, 0.1) is 0 Å². The molecule has 0 aromatic heterocycles. The topological polar surface area (TPSA) is 102 Å². The maximum absolute atomic E-state index is 10.6. The lowest BCUT2D eigenvalue weighted by molar-refractivity contribution is 0.172. The number of amides is 2. The third-order valence-electron chi connectivity index (χ3n) is 1.57. The lowest BCUT2D eigenvalue weighted by Gasteiger charge is -2.04. The molecule has 0 fully saturated rings. The summed E-state index contributed by atoms with van der Waals surface area (Å²) < 4.78 is 0. The van der Waals surface area contributed by atoms with Crippen molar-refractivity contribution in [3.05, 3.63) is 24.3 Å². The first-order valence-electron chi connectivity index (χ1n) is 3.80. The number of nitrogens with one attached hydrogen (secondary N) is 2. The molecule has 14 heavy (non-hydrogen) atoms. The highest BCUT2D eigenvalue weighted by atomic mass is 16.5. The summed E-state index contributed by atoms with van der Waals surface area (Å²) in [5.41, 5.74) is 2.15. The number of rotatable bonds is 2. The second-order valence-corrected chi connectivity index (χ2v) is 2.56. The average molecular weight is 196 g/mol. The maximum atomic E-state index is 10.6. The van der Waals surface area contributed by atoms with Crippen LogP contribution >= 0.6 is 0 Å². The third-order valence-corrected chi connectivity index (χ3v) is 1.57. The van der Waals surface area contributed by atoms with Gasteiger partial charge in [-0.2, -0.15) is 0 Å². The Morgan fingerprint density at radius 1 is 1.21 bits per heavy atom. The lowest BCUT2D eigenvalue weighted by Crippen LogP contribution is -2.30. The Hall–Kier alpha value is -1.57. The average Bonchev–Trinajstić information content (AvgIpc) is 2.18. The van der Waals surface area contributed by atoms with Gasteiger partial charge in [0.15, 0.2) is 0 Å². The second kappa shape index (κ2) is 4.61. The van der Waals surface area contributed by atoms with Crippen LogP contribution in [0.5, 0.6) is 0 Å². The van der Waals surface area contributed by atoms with Crippen LogP contribution in [-0.4, -0.2) is 28.4 Å². The van der Waals surface area contributed by atoms with Crippen LogP contribution in [0.2, 0.25) is 0 Å². The Balaban J connectivity index is 2.69. The van der Waals surface area contributed by atoms with Crippen LogP contribution in [0.15, 0.2) is 24.3 Å². The van der Waals surface area contributed by atoms with Gasteiger partial charge in [-0.1, -0.05) is 12.1 Å². The van der Waals surface area contributed by atoms with Gasteiger partial charge in [0, 0.05) is 5.69 Å². The molecule has 0 bridgehead atoms. The number of anilines is 1. The van der Waals surface area contributed by atoms with Gasteiger partial charge < -0.3 is 15.4 Å². The van der Waals surface area contributed by atoms with Gasteiger partial charge in [0.05, 0.1) is 0 Å². The van der Waals surface area contributed by atoms with E-state index < -0.39 is 13.1 Å². The number of hydroxylamine groups is 1. The molecule has 1 aromatic carbocycles. The van der Waals surface area contributed by atoms with Crippen molar-refractivity contribution in [2.75, 3.05) is 5.32 Å². The van der Waals surface area contributed by atoms with Crippen molar-refractivity contribution in [1.29, 1.82) is 0 Å². The van der Waals surface area contributed by atoms with E-state index in [2.05, 4.69) is 5.32 Å². The first-order valence-corrected chi connectivity index (χ1v) is 3.80. The highest BCUT2D eigenvalue weighted by molar-refractivity contribution is 6.58. The molecule has 0 aliphatic heterocycles. The SMILES string of the molecule is O=C(NO)Nc1ccc(B(O)O)cc1. The van der Waals surface area contributed by atoms with Crippen LogP contribution in [0.4, 0.5) is 10.5 Å². The summed E-state index contributed by atoms with van der Waals surface area (Å²) in [6.45, 7) is 0. The number of urea groups is 1. The van der Waals surface area contributed by atoms with E-state index in [1.54, 1.807) is 0 Å². The molecule has 0 heterocycles. The predicted octanol–water partition coefficient (Wildman–Crippen LogP) is -1.12. The maximum Gasteiger partial charge on any atom is 0.488 e. The standard InChI is InChI=1S/C7H9BN2O4/c11-7(10-14)9-6-3-1-5(2-4-6)8(12)13/h1-4,12-14H,(H2,9,10,11). The Labute approximate surface area is 80.3 Å². The molecule has 1 aromatic rings. The Morgan fingerprint density at radius 2 is 1.79 bits per heavy atom. The molecular formula is C7H9BN2O4. The lowest BCUT2D eigenvalue weighted by atomic mass is 9.80. The second-order valence-electron chi connectivity index (χ2n) is 2.56. The molecule has 0 unspecified atom stereocenters. The zero-order chi connectivity index (χ0) is 10.6. The molecule has 0 saturated carbocycles. The molecule has 0 saturated heterocycles. The van der Waals surface area contributed by atoms with E-state index in [0.717, 1.165) is 0 Å². The summed E-state index contributed by atoms with van der Waals surface area (Å²) >= 11 is 0. The number of hydrogen-bond acceptors (Lipinski definition) is 4. The van der Waals surface area contributed by atoms with Crippen molar-refractivity contribution in [3.63, 3.8) is 0 Å². The van der Waals surface area contributed by atoms with Gasteiger partial charge in [0.1, 0.15) is 0 Å². The zero-order valence-corrected chi connectivity index (χ0v) is 7.14. The summed E-state index contributed by atoms with van der Waals surface area (Å²) in [5, 5.41) is 28.0. The highest BCUT2D eigenvalue weighted by Gasteiger charge is 2.09. The Bertz CT molecular complexity index is 314. The van der Waals surface area contributed by atoms with E-state index in [1.807, 2.05) is 0 Å². The molecule has 2 amide bonds. The van der Waals surface area contributed by atoms with Gasteiger partial charge in [0.25, 0.3) is 0 Å². The molecule has 6 nitrogen and oxygen atoms in total. The van der Waals surface area contributed by atoms with Gasteiger partial charge in [-0.15, -0.1) is 0 Å². The van der Waals surface area contributed by atoms with Crippen LogP contribution in [0.25, 0.3) is 0 Å². The van der Waals surface area contributed by atoms with Crippen molar-refractivity contribution in [2.45, 2.75) is 0 Å². The minimum absolute atomic E-state index is 0.319. The van der Waals surface area contributed by atoms with Crippen molar-refractivity contribution in [3.8, 4) is 0 Å². The van der Waals surface area contributed by atoms with Crippen molar-refractivity contribution in [1.82, 2.24) is 5.48 Å². The van der Waals surface area contributed by atoms with Crippen LogP contribution in [0.3, 0.4) is 0 Å². The minimum atomic E-state index is -1.53. The summed E-state index contributed by atoms with van der Waals surface area (Å²) in [5.74, 6) is 0. The normalized spacial score (nSPS) is 9.36. The van der Waals surface area contributed by atoms with Gasteiger partial charge in [-0.05, 0) is 17.6 Å². The van der Waals surface area contributed by atoms with E-state index >= 15 is 0 Å². The van der Waals surface area contributed by atoms with Gasteiger partial charge >= 0.3 is 13.1 Å². The number of benzene rings is 1. The highest BCUT2D eigenvalue weighted by Crippen LogP contribution is 2.03. The van der Waals surface area contributed by atoms with Crippen molar-refractivity contribution < 1.29 is 20.0 Å². The molecule has 7 heteroatoms. The molecular weight excluding hydrogens is 187 g/mol. The molecule has 5 N–H and O–H groups in total. The number of hydrogen-bond donors (Lipinski definition) is 5. The van der Waals surface area contributed by atoms with E-state index in [-0.39, 0.29) is 0 Å². The molecule has 0 aliphatic carbocycles. The third kappa shape index (κ3) is 2.73. The van der Waals surface area contributed by atoms with E-state index in [1.165, 1.54) is 29.7 Å². The molecule has 0 spiro atoms. The van der Waals surface area contributed by atoms with Gasteiger partial charge in [0.2, 0.25) is 0 Å². The number of carbonyl (C=O) groups excluding carboxylic acids is 1. The van der Waals surface area contributed by atoms with E-state index in [9.17, 15) is 4.79 Å². The monoisotopic (exact) mass is 196 g/mol. The van der Waals surface area contributed by atoms with Crippen LogP contribution < -0.4 is 16.3 Å². The Morgan fingerprint density at radius 3 is 2.21 bits per heavy atom. The molecule has 1 rings (SSSR count). The smallest absolute Gasteiger partial charge is 0.423 e. The van der Waals surface area contributed by atoms with E-state index in [4.69, 9.17) is 15.3 Å². The van der Waals surface area contributed by atoms with Crippen LogP contribution in [0.1, 0.15) is 0 Å². The van der Waals surface area contributed by atoms with E-state index in [0.29, 0.717) is 11.2 Å². The summed E-state index contributed by atoms with van der Waals surface area (Å²) in [6, 6.07) is 5.07. The molecule has 0 radical (unpaired) electrons. The largest absolute Gasteiger partial charge is 0.488 e. The summed E-state index contributed by atoms with van der Waals surface area (Å²) in [4.78, 5) is 10.6.